The van der Waals surface area contributed by atoms with Gasteiger partial charge in [0, 0.05) is 30.9 Å². The van der Waals surface area contributed by atoms with Crippen LogP contribution in [0.2, 0.25) is 0 Å². The summed E-state index contributed by atoms with van der Waals surface area (Å²) in [6.07, 6.45) is 9.30. The Kier molecular flexibility index (Phi) is 2.95. The Morgan fingerprint density at radius 1 is 1.10 bits per heavy atom. The zero-order valence-corrected chi connectivity index (χ0v) is 11.2. The normalized spacial score (nSPS) is 28.7. The van der Waals surface area contributed by atoms with Crippen molar-refractivity contribution in [2.45, 2.75) is 44.2 Å². The highest BCUT2D eigenvalue weighted by molar-refractivity contribution is 5.40. The molecule has 6 nitrogen and oxygen atoms in total. The first kappa shape index (κ1) is 12.0. The molecule has 0 amide bonds. The third-order valence-electron chi connectivity index (χ3n) is 4.27. The van der Waals surface area contributed by atoms with Crippen molar-refractivity contribution >= 4 is 0 Å². The fourth-order valence-corrected chi connectivity index (χ4v) is 3.43. The second kappa shape index (κ2) is 4.94. The molecule has 2 atom stereocenters. The number of aromatic nitrogens is 4. The van der Waals surface area contributed by atoms with Crippen molar-refractivity contribution in [2.24, 2.45) is 5.92 Å². The SMILES string of the molecule is c1cnc(-c2noc(CC3CC4CCC(C3)N4)n2)nc1. The fourth-order valence-electron chi connectivity index (χ4n) is 3.43. The van der Waals surface area contributed by atoms with Crippen LogP contribution in [0.25, 0.3) is 11.6 Å². The Morgan fingerprint density at radius 2 is 1.85 bits per heavy atom. The van der Waals surface area contributed by atoms with Gasteiger partial charge in [-0.25, -0.2) is 9.97 Å². The van der Waals surface area contributed by atoms with Crippen LogP contribution in [-0.2, 0) is 6.42 Å². The number of rotatable bonds is 3. The van der Waals surface area contributed by atoms with E-state index >= 15 is 0 Å². The molecule has 2 aliphatic rings. The molecule has 0 aliphatic carbocycles. The fraction of sp³-hybridized carbons (Fsp3) is 0.571. The largest absolute Gasteiger partial charge is 0.339 e. The summed E-state index contributed by atoms with van der Waals surface area (Å²) in [4.78, 5) is 12.7. The zero-order chi connectivity index (χ0) is 13.4. The second-order valence-corrected chi connectivity index (χ2v) is 5.76. The van der Waals surface area contributed by atoms with Gasteiger partial charge in [0.15, 0.2) is 0 Å². The third-order valence-corrected chi connectivity index (χ3v) is 4.27. The number of piperidine rings is 1. The predicted octanol–water partition coefficient (Wildman–Crippen LogP) is 1.60. The molecule has 4 heterocycles. The number of hydrogen-bond acceptors (Lipinski definition) is 6. The van der Waals surface area contributed by atoms with E-state index in [1.54, 1.807) is 18.5 Å². The van der Waals surface area contributed by atoms with E-state index < -0.39 is 0 Å². The summed E-state index contributed by atoms with van der Waals surface area (Å²) in [5, 5.41) is 7.63. The molecule has 0 spiro atoms. The Morgan fingerprint density at radius 3 is 2.60 bits per heavy atom. The molecule has 2 aliphatic heterocycles. The lowest BCUT2D eigenvalue weighted by atomic mass is 9.90. The molecule has 0 saturated carbocycles. The van der Waals surface area contributed by atoms with E-state index in [1.165, 1.54) is 25.7 Å². The molecule has 2 fully saturated rings. The summed E-state index contributed by atoms with van der Waals surface area (Å²) in [5.74, 6) is 2.36. The van der Waals surface area contributed by atoms with Crippen molar-refractivity contribution in [3.05, 3.63) is 24.4 Å². The van der Waals surface area contributed by atoms with Gasteiger partial charge in [-0.2, -0.15) is 4.98 Å². The van der Waals surface area contributed by atoms with Crippen molar-refractivity contribution in [3.63, 3.8) is 0 Å². The number of nitrogens with zero attached hydrogens (tertiary/aromatic N) is 4. The molecule has 2 saturated heterocycles. The molecule has 2 aromatic heterocycles. The standard InChI is InChI=1S/C14H17N5O/c1-4-15-13(16-5-1)14-18-12(20-19-14)8-9-6-10-2-3-11(7-9)17-10/h1,4-5,9-11,17H,2-3,6-8H2. The van der Waals surface area contributed by atoms with Crippen LogP contribution in [0.5, 0.6) is 0 Å². The van der Waals surface area contributed by atoms with Gasteiger partial charge in [-0.3, -0.25) is 0 Å². The lowest BCUT2D eigenvalue weighted by Gasteiger charge is -2.27. The van der Waals surface area contributed by atoms with Crippen LogP contribution in [0.1, 0.15) is 31.6 Å². The highest BCUT2D eigenvalue weighted by atomic mass is 16.5. The number of fused-ring (bicyclic) bond motifs is 2. The summed E-state index contributed by atoms with van der Waals surface area (Å²) < 4.78 is 5.35. The third kappa shape index (κ3) is 2.31. The van der Waals surface area contributed by atoms with E-state index in [2.05, 4.69) is 25.4 Å². The highest BCUT2D eigenvalue weighted by Gasteiger charge is 2.34. The summed E-state index contributed by atoms with van der Waals surface area (Å²) in [5.41, 5.74) is 0. The molecule has 2 unspecified atom stereocenters. The quantitative estimate of drug-likeness (QED) is 0.913. The Labute approximate surface area is 117 Å². The van der Waals surface area contributed by atoms with Crippen LogP contribution >= 0.6 is 0 Å². The van der Waals surface area contributed by atoms with Crippen LogP contribution in [0.15, 0.2) is 23.0 Å². The van der Waals surface area contributed by atoms with Crippen LogP contribution < -0.4 is 5.32 Å². The van der Waals surface area contributed by atoms with E-state index in [9.17, 15) is 0 Å². The Bertz CT molecular complexity index is 572. The van der Waals surface area contributed by atoms with Crippen LogP contribution in [0.4, 0.5) is 0 Å². The van der Waals surface area contributed by atoms with Gasteiger partial charge in [-0.15, -0.1) is 0 Å². The van der Waals surface area contributed by atoms with Crippen LogP contribution in [0.3, 0.4) is 0 Å². The number of nitrogens with one attached hydrogen (secondary N) is 1. The van der Waals surface area contributed by atoms with E-state index in [4.69, 9.17) is 4.52 Å². The lowest BCUT2D eigenvalue weighted by molar-refractivity contribution is 0.270. The molecule has 2 bridgehead atoms. The van der Waals surface area contributed by atoms with Gasteiger partial charge in [0.05, 0.1) is 0 Å². The molecule has 0 aromatic carbocycles. The van der Waals surface area contributed by atoms with Crippen molar-refractivity contribution in [2.75, 3.05) is 0 Å². The van der Waals surface area contributed by atoms with Crippen molar-refractivity contribution in [3.8, 4) is 11.6 Å². The molecule has 6 heteroatoms. The summed E-state index contributed by atoms with van der Waals surface area (Å²) in [7, 11) is 0. The number of hydrogen-bond donors (Lipinski definition) is 1. The molecular formula is C14H17N5O. The molecule has 1 N–H and O–H groups in total. The lowest BCUT2D eigenvalue weighted by Crippen LogP contribution is -2.38. The average Bonchev–Trinajstić information content (AvgIpc) is 3.07. The van der Waals surface area contributed by atoms with Crippen LogP contribution in [0, 0.1) is 5.92 Å². The van der Waals surface area contributed by atoms with E-state index in [0.717, 1.165) is 6.42 Å². The first-order valence-electron chi connectivity index (χ1n) is 7.23. The Hall–Kier alpha value is -1.82. The molecule has 0 radical (unpaired) electrons. The minimum Gasteiger partial charge on any atom is -0.339 e. The summed E-state index contributed by atoms with van der Waals surface area (Å²) >= 11 is 0. The average molecular weight is 271 g/mol. The Balaban J connectivity index is 1.46. The molecule has 2 aromatic rings. The van der Waals surface area contributed by atoms with E-state index in [0.29, 0.717) is 35.5 Å². The van der Waals surface area contributed by atoms with Gasteiger partial charge in [-0.1, -0.05) is 5.16 Å². The molecule has 20 heavy (non-hydrogen) atoms. The summed E-state index contributed by atoms with van der Waals surface area (Å²) in [6, 6.07) is 3.16. The van der Waals surface area contributed by atoms with Crippen molar-refractivity contribution in [1.29, 1.82) is 0 Å². The first-order valence-corrected chi connectivity index (χ1v) is 7.23. The maximum atomic E-state index is 5.35. The van der Waals surface area contributed by atoms with E-state index in [1.807, 2.05) is 0 Å². The van der Waals surface area contributed by atoms with Crippen molar-refractivity contribution < 1.29 is 4.52 Å². The van der Waals surface area contributed by atoms with Gasteiger partial charge in [0.1, 0.15) is 0 Å². The second-order valence-electron chi connectivity index (χ2n) is 5.76. The molecular weight excluding hydrogens is 254 g/mol. The van der Waals surface area contributed by atoms with Gasteiger partial charge in [-0.05, 0) is 37.7 Å². The smallest absolute Gasteiger partial charge is 0.240 e. The predicted molar refractivity (Wildman–Crippen MR) is 71.7 cm³/mol. The molecule has 4 rings (SSSR count). The van der Waals surface area contributed by atoms with Gasteiger partial charge in [0.25, 0.3) is 0 Å². The van der Waals surface area contributed by atoms with Gasteiger partial charge < -0.3 is 9.84 Å². The van der Waals surface area contributed by atoms with Gasteiger partial charge in [0.2, 0.25) is 17.5 Å². The zero-order valence-electron chi connectivity index (χ0n) is 11.2. The monoisotopic (exact) mass is 271 g/mol. The maximum Gasteiger partial charge on any atom is 0.240 e. The minimum atomic E-state index is 0.484. The minimum absolute atomic E-state index is 0.484. The molecule has 104 valence electrons. The van der Waals surface area contributed by atoms with Gasteiger partial charge >= 0.3 is 0 Å². The van der Waals surface area contributed by atoms with E-state index in [-0.39, 0.29) is 0 Å². The van der Waals surface area contributed by atoms with Crippen molar-refractivity contribution in [1.82, 2.24) is 25.4 Å². The first-order chi connectivity index (χ1) is 9.87. The maximum absolute atomic E-state index is 5.35. The van der Waals surface area contributed by atoms with Crippen LogP contribution in [-0.4, -0.2) is 32.2 Å². The highest BCUT2D eigenvalue weighted by Crippen LogP contribution is 2.32. The summed E-state index contributed by atoms with van der Waals surface area (Å²) in [6.45, 7) is 0. The topological polar surface area (TPSA) is 76.7 Å².